The smallest absolute Gasteiger partial charge is 0.244 e. The Morgan fingerprint density at radius 2 is 2.11 bits per heavy atom. The molecule has 6 heteroatoms. The van der Waals surface area contributed by atoms with Crippen molar-refractivity contribution in [2.75, 3.05) is 24.6 Å². The van der Waals surface area contributed by atoms with Crippen molar-refractivity contribution >= 4 is 17.7 Å². The highest BCUT2D eigenvalue weighted by atomic mass is 19.1. The number of halogens is 2. The summed E-state index contributed by atoms with van der Waals surface area (Å²) in [5.74, 6) is -1.50. The first-order valence-electron chi connectivity index (χ1n) is 9.32. The van der Waals surface area contributed by atoms with Gasteiger partial charge in [0.25, 0.3) is 0 Å². The number of carbonyl (C=O) groups is 1. The number of ether oxygens (including phenoxy) is 1. The summed E-state index contributed by atoms with van der Waals surface area (Å²) in [5.41, 5.74) is 2.09. The Morgan fingerprint density at radius 3 is 2.89 bits per heavy atom. The number of morpholine rings is 1. The molecule has 1 saturated heterocycles. The lowest BCUT2D eigenvalue weighted by molar-refractivity contribution is -0.117. The maximum absolute atomic E-state index is 13.6. The number of hydrogen-bond acceptors (Lipinski definition) is 3. The molecule has 2 atom stereocenters. The van der Waals surface area contributed by atoms with Crippen LogP contribution >= 0.6 is 0 Å². The molecular formula is C22H24F2N2O2. The number of anilines is 1. The van der Waals surface area contributed by atoms with Gasteiger partial charge < -0.3 is 15.0 Å². The van der Waals surface area contributed by atoms with Gasteiger partial charge >= 0.3 is 0 Å². The van der Waals surface area contributed by atoms with Gasteiger partial charge in [-0.3, -0.25) is 4.79 Å². The molecule has 1 aliphatic rings. The molecular weight excluding hydrogens is 362 g/mol. The van der Waals surface area contributed by atoms with E-state index >= 15 is 0 Å². The van der Waals surface area contributed by atoms with Crippen molar-refractivity contribution in [3.8, 4) is 0 Å². The van der Waals surface area contributed by atoms with Gasteiger partial charge in [0.2, 0.25) is 5.91 Å². The molecule has 4 nitrogen and oxygen atoms in total. The first kappa shape index (κ1) is 20.0. The lowest BCUT2D eigenvalue weighted by Crippen LogP contribution is -2.41. The molecule has 3 rings (SSSR count). The molecule has 2 aromatic carbocycles. The molecule has 148 valence electrons. The van der Waals surface area contributed by atoms with E-state index in [-0.39, 0.29) is 23.6 Å². The summed E-state index contributed by atoms with van der Waals surface area (Å²) in [6.07, 6.45) is 2.66. The van der Waals surface area contributed by atoms with Crippen LogP contribution in [0.4, 0.5) is 14.5 Å². The predicted molar refractivity (Wildman–Crippen MR) is 106 cm³/mol. The van der Waals surface area contributed by atoms with E-state index < -0.39 is 11.6 Å². The van der Waals surface area contributed by atoms with E-state index in [1.54, 1.807) is 0 Å². The van der Waals surface area contributed by atoms with Crippen LogP contribution in [0.15, 0.2) is 48.5 Å². The first-order valence-corrected chi connectivity index (χ1v) is 9.32. The van der Waals surface area contributed by atoms with Gasteiger partial charge in [-0.25, -0.2) is 8.78 Å². The standard InChI is InChI=1S/C22H24F2N2O2/c1-15-14-26(10-11-28-15)20-5-3-4-17(13-20)16(2)25-22(27)9-6-18-12-19(23)7-8-21(18)24/h3-9,12-13,15-16H,10-11,14H2,1-2H3,(H,25,27). The Labute approximate surface area is 163 Å². The van der Waals surface area contributed by atoms with E-state index in [1.807, 2.05) is 32.0 Å². The maximum atomic E-state index is 13.6. The number of nitrogens with zero attached hydrogens (tertiary/aromatic N) is 1. The topological polar surface area (TPSA) is 41.6 Å². The SMILES string of the molecule is CC1CN(c2cccc(C(C)NC(=O)C=Cc3cc(F)ccc3F)c2)CCO1. The number of nitrogens with one attached hydrogen (secondary N) is 1. The van der Waals surface area contributed by atoms with Gasteiger partial charge in [0.1, 0.15) is 11.6 Å². The number of rotatable bonds is 5. The molecule has 0 radical (unpaired) electrons. The average molecular weight is 386 g/mol. The van der Waals surface area contributed by atoms with Gasteiger partial charge in [-0.15, -0.1) is 0 Å². The van der Waals surface area contributed by atoms with Gasteiger partial charge in [0.05, 0.1) is 18.8 Å². The summed E-state index contributed by atoms with van der Waals surface area (Å²) >= 11 is 0. The highest BCUT2D eigenvalue weighted by molar-refractivity contribution is 5.92. The molecule has 1 aliphatic heterocycles. The molecule has 2 aromatic rings. The molecule has 2 unspecified atom stereocenters. The van der Waals surface area contributed by atoms with Crippen LogP contribution in [-0.4, -0.2) is 31.7 Å². The molecule has 0 bridgehead atoms. The second-order valence-corrected chi connectivity index (χ2v) is 6.95. The molecule has 1 amide bonds. The lowest BCUT2D eigenvalue weighted by Gasteiger charge is -2.33. The number of amides is 1. The van der Waals surface area contributed by atoms with E-state index in [2.05, 4.69) is 16.3 Å². The number of carbonyl (C=O) groups excluding carboxylic acids is 1. The summed E-state index contributed by atoms with van der Waals surface area (Å²) in [5, 5.41) is 2.85. The van der Waals surface area contributed by atoms with E-state index in [1.165, 1.54) is 12.2 Å². The number of benzene rings is 2. The highest BCUT2D eigenvalue weighted by Gasteiger charge is 2.18. The highest BCUT2D eigenvalue weighted by Crippen LogP contribution is 2.22. The van der Waals surface area contributed by atoms with Crippen LogP contribution < -0.4 is 10.2 Å². The fourth-order valence-corrected chi connectivity index (χ4v) is 3.20. The summed E-state index contributed by atoms with van der Waals surface area (Å²) in [6, 6.07) is 10.9. The van der Waals surface area contributed by atoms with Gasteiger partial charge in [-0.2, -0.15) is 0 Å². The van der Waals surface area contributed by atoms with Gasteiger partial charge in [0, 0.05) is 30.4 Å². The van der Waals surface area contributed by atoms with Crippen LogP contribution in [0.3, 0.4) is 0 Å². The minimum absolute atomic E-state index is 0.0336. The third-order valence-electron chi connectivity index (χ3n) is 4.71. The minimum atomic E-state index is -0.578. The third-order valence-corrected chi connectivity index (χ3v) is 4.71. The van der Waals surface area contributed by atoms with E-state index in [4.69, 9.17) is 4.74 Å². The van der Waals surface area contributed by atoms with Crippen molar-refractivity contribution in [2.45, 2.75) is 26.0 Å². The van der Waals surface area contributed by atoms with Crippen LogP contribution in [-0.2, 0) is 9.53 Å². The molecule has 1 fully saturated rings. The van der Waals surface area contributed by atoms with Crippen LogP contribution in [0.2, 0.25) is 0 Å². The molecule has 0 spiro atoms. The van der Waals surface area contributed by atoms with Crippen molar-refractivity contribution in [3.63, 3.8) is 0 Å². The zero-order valence-electron chi connectivity index (χ0n) is 16.0. The molecule has 0 aliphatic carbocycles. The van der Waals surface area contributed by atoms with Crippen molar-refractivity contribution in [1.29, 1.82) is 0 Å². The number of hydrogen-bond donors (Lipinski definition) is 1. The van der Waals surface area contributed by atoms with Crippen molar-refractivity contribution in [1.82, 2.24) is 5.32 Å². The predicted octanol–water partition coefficient (Wildman–Crippen LogP) is 4.08. The maximum Gasteiger partial charge on any atom is 0.244 e. The summed E-state index contributed by atoms with van der Waals surface area (Å²) in [6.45, 7) is 6.28. The van der Waals surface area contributed by atoms with Crippen molar-refractivity contribution in [3.05, 3.63) is 71.3 Å². The van der Waals surface area contributed by atoms with Crippen molar-refractivity contribution in [2.24, 2.45) is 0 Å². The summed E-state index contributed by atoms with van der Waals surface area (Å²) < 4.78 is 32.4. The third kappa shape index (κ3) is 5.16. The van der Waals surface area contributed by atoms with Crippen LogP contribution in [0.5, 0.6) is 0 Å². The van der Waals surface area contributed by atoms with Gasteiger partial charge in [-0.1, -0.05) is 12.1 Å². The average Bonchev–Trinajstić information content (AvgIpc) is 2.69. The van der Waals surface area contributed by atoms with E-state index in [0.717, 1.165) is 42.5 Å². The largest absolute Gasteiger partial charge is 0.375 e. The normalized spacial score (nSPS) is 18.3. The molecule has 0 saturated carbocycles. The summed E-state index contributed by atoms with van der Waals surface area (Å²) in [7, 11) is 0. The quantitative estimate of drug-likeness (QED) is 0.788. The van der Waals surface area contributed by atoms with Crippen LogP contribution in [0.1, 0.15) is 31.0 Å². The van der Waals surface area contributed by atoms with E-state index in [9.17, 15) is 13.6 Å². The van der Waals surface area contributed by atoms with Crippen LogP contribution in [0.25, 0.3) is 6.08 Å². The Hall–Kier alpha value is -2.73. The van der Waals surface area contributed by atoms with Crippen LogP contribution in [0, 0.1) is 11.6 Å². The minimum Gasteiger partial charge on any atom is -0.375 e. The second-order valence-electron chi connectivity index (χ2n) is 6.95. The fourth-order valence-electron chi connectivity index (χ4n) is 3.20. The Bertz CT molecular complexity index is 869. The molecule has 0 aromatic heterocycles. The Morgan fingerprint density at radius 1 is 1.29 bits per heavy atom. The van der Waals surface area contributed by atoms with Crippen molar-refractivity contribution < 1.29 is 18.3 Å². The van der Waals surface area contributed by atoms with Gasteiger partial charge in [-0.05, 0) is 55.8 Å². The zero-order chi connectivity index (χ0) is 20.1. The second kappa shape index (κ2) is 8.97. The molecule has 1 heterocycles. The lowest BCUT2D eigenvalue weighted by atomic mass is 10.1. The van der Waals surface area contributed by atoms with Gasteiger partial charge in [0.15, 0.2) is 0 Å². The first-order chi connectivity index (χ1) is 13.4. The Kier molecular flexibility index (Phi) is 6.41. The summed E-state index contributed by atoms with van der Waals surface area (Å²) in [4.78, 5) is 14.4. The molecule has 28 heavy (non-hydrogen) atoms. The monoisotopic (exact) mass is 386 g/mol. The fraction of sp³-hybridized carbons (Fsp3) is 0.318. The zero-order valence-corrected chi connectivity index (χ0v) is 16.0. The Balaban J connectivity index is 1.64. The molecule has 1 N–H and O–H groups in total. The van der Waals surface area contributed by atoms with E-state index in [0.29, 0.717) is 6.61 Å².